The van der Waals surface area contributed by atoms with Crippen molar-refractivity contribution in [1.82, 2.24) is 10.3 Å². The van der Waals surface area contributed by atoms with E-state index in [1.165, 1.54) is 0 Å². The summed E-state index contributed by atoms with van der Waals surface area (Å²) in [5.74, 6) is 0.0139. The molecule has 0 aliphatic heterocycles. The molecule has 17 heavy (non-hydrogen) atoms. The van der Waals surface area contributed by atoms with Crippen LogP contribution >= 0.6 is 0 Å². The van der Waals surface area contributed by atoms with Gasteiger partial charge < -0.3 is 0 Å². The quantitative estimate of drug-likeness (QED) is 0.759. The van der Waals surface area contributed by atoms with E-state index in [9.17, 15) is 4.79 Å². The van der Waals surface area contributed by atoms with Crippen molar-refractivity contribution in [2.24, 2.45) is 0 Å². The molecule has 0 aliphatic rings. The van der Waals surface area contributed by atoms with E-state index in [2.05, 4.69) is 24.2 Å². The SMILES string of the molecule is CCN(CC)CC(=O)NN(C)c1ccccc1. The van der Waals surface area contributed by atoms with Gasteiger partial charge in [-0.05, 0) is 25.2 Å². The van der Waals surface area contributed by atoms with Crippen LogP contribution in [0, 0.1) is 0 Å². The smallest absolute Gasteiger partial charge is 0.252 e. The Bertz CT molecular complexity index is 336. The van der Waals surface area contributed by atoms with E-state index in [0.717, 1.165) is 18.8 Å². The van der Waals surface area contributed by atoms with Crippen molar-refractivity contribution < 1.29 is 4.79 Å². The summed E-state index contributed by atoms with van der Waals surface area (Å²) in [6.07, 6.45) is 0. The van der Waals surface area contributed by atoms with Crippen LogP contribution in [0.1, 0.15) is 13.8 Å². The Hall–Kier alpha value is -1.55. The van der Waals surface area contributed by atoms with Gasteiger partial charge in [0.2, 0.25) is 0 Å². The van der Waals surface area contributed by atoms with E-state index in [1.54, 1.807) is 5.01 Å². The lowest BCUT2D eigenvalue weighted by Crippen LogP contribution is -2.45. The number of nitrogens with one attached hydrogen (secondary N) is 1. The van der Waals surface area contributed by atoms with Gasteiger partial charge in [0.25, 0.3) is 5.91 Å². The van der Waals surface area contributed by atoms with E-state index in [-0.39, 0.29) is 5.91 Å². The zero-order valence-electron chi connectivity index (χ0n) is 10.8. The standard InChI is InChI=1S/C13H21N3O/c1-4-16(5-2)11-13(17)14-15(3)12-9-7-6-8-10-12/h6-10H,4-5,11H2,1-3H3,(H,14,17). The number of para-hydroxylation sites is 1. The number of nitrogens with zero attached hydrogens (tertiary/aromatic N) is 2. The normalized spacial score (nSPS) is 10.4. The lowest BCUT2D eigenvalue weighted by molar-refractivity contribution is -0.122. The highest BCUT2D eigenvalue weighted by Crippen LogP contribution is 2.08. The maximum atomic E-state index is 11.8. The summed E-state index contributed by atoms with van der Waals surface area (Å²) in [6.45, 7) is 6.32. The maximum Gasteiger partial charge on any atom is 0.252 e. The Kier molecular flexibility index (Phi) is 5.49. The molecule has 0 heterocycles. The van der Waals surface area contributed by atoms with Crippen LogP contribution in [0.2, 0.25) is 0 Å². The Morgan fingerprint density at radius 1 is 1.18 bits per heavy atom. The van der Waals surface area contributed by atoms with Crippen LogP contribution in [0.3, 0.4) is 0 Å². The van der Waals surface area contributed by atoms with Crippen LogP contribution in [-0.2, 0) is 4.79 Å². The van der Waals surface area contributed by atoms with E-state index >= 15 is 0 Å². The molecule has 0 atom stereocenters. The van der Waals surface area contributed by atoms with Crippen LogP contribution in [0.5, 0.6) is 0 Å². The largest absolute Gasteiger partial charge is 0.295 e. The summed E-state index contributed by atoms with van der Waals surface area (Å²) in [5, 5.41) is 1.74. The van der Waals surface area contributed by atoms with E-state index in [4.69, 9.17) is 0 Å². The zero-order chi connectivity index (χ0) is 12.7. The van der Waals surface area contributed by atoms with E-state index < -0.39 is 0 Å². The molecular formula is C13H21N3O. The molecular weight excluding hydrogens is 214 g/mol. The predicted octanol–water partition coefficient (Wildman–Crippen LogP) is 1.50. The average Bonchev–Trinajstić information content (AvgIpc) is 2.37. The minimum Gasteiger partial charge on any atom is -0.295 e. The van der Waals surface area contributed by atoms with Gasteiger partial charge in [0.15, 0.2) is 0 Å². The minimum absolute atomic E-state index is 0.0139. The lowest BCUT2D eigenvalue weighted by Gasteiger charge is -2.23. The van der Waals surface area contributed by atoms with Gasteiger partial charge in [-0.15, -0.1) is 0 Å². The number of benzene rings is 1. The van der Waals surface area contributed by atoms with Crippen molar-refractivity contribution in [3.8, 4) is 0 Å². The number of carbonyl (C=O) groups is 1. The molecule has 0 bridgehead atoms. The molecule has 1 amide bonds. The van der Waals surface area contributed by atoms with Crippen molar-refractivity contribution in [2.45, 2.75) is 13.8 Å². The number of carbonyl (C=O) groups excluding carboxylic acids is 1. The second-order valence-corrected chi connectivity index (χ2v) is 3.89. The third kappa shape index (κ3) is 4.44. The molecule has 0 spiro atoms. The molecule has 1 N–H and O–H groups in total. The molecule has 0 radical (unpaired) electrons. The molecule has 1 aromatic rings. The first-order valence-corrected chi connectivity index (χ1v) is 5.98. The van der Waals surface area contributed by atoms with Crippen LogP contribution < -0.4 is 10.4 Å². The monoisotopic (exact) mass is 235 g/mol. The summed E-state index contributed by atoms with van der Waals surface area (Å²) in [7, 11) is 1.84. The molecule has 4 nitrogen and oxygen atoms in total. The fraction of sp³-hybridized carbons (Fsp3) is 0.462. The summed E-state index contributed by atoms with van der Waals surface area (Å²) in [5.41, 5.74) is 3.82. The summed E-state index contributed by atoms with van der Waals surface area (Å²) in [6, 6.07) is 9.76. The molecule has 1 rings (SSSR count). The Labute approximate surface area is 103 Å². The number of rotatable bonds is 6. The number of anilines is 1. The highest BCUT2D eigenvalue weighted by molar-refractivity contribution is 5.79. The summed E-state index contributed by atoms with van der Waals surface area (Å²) in [4.78, 5) is 13.8. The van der Waals surface area contributed by atoms with Crippen molar-refractivity contribution in [3.05, 3.63) is 30.3 Å². The molecule has 94 valence electrons. The number of hydrogen-bond acceptors (Lipinski definition) is 3. The maximum absolute atomic E-state index is 11.8. The van der Waals surface area contributed by atoms with Crippen LogP contribution in [0.15, 0.2) is 30.3 Å². The minimum atomic E-state index is 0.0139. The second-order valence-electron chi connectivity index (χ2n) is 3.89. The van der Waals surface area contributed by atoms with Gasteiger partial charge in [-0.1, -0.05) is 32.0 Å². The highest BCUT2D eigenvalue weighted by Gasteiger charge is 2.09. The van der Waals surface area contributed by atoms with Gasteiger partial charge in [-0.25, -0.2) is 0 Å². The highest BCUT2D eigenvalue weighted by atomic mass is 16.2. The molecule has 0 aliphatic carbocycles. The molecule has 0 aromatic heterocycles. The predicted molar refractivity (Wildman–Crippen MR) is 70.8 cm³/mol. The topological polar surface area (TPSA) is 35.6 Å². The van der Waals surface area contributed by atoms with Gasteiger partial charge in [-0.2, -0.15) is 0 Å². The Morgan fingerprint density at radius 3 is 2.29 bits per heavy atom. The molecule has 4 heteroatoms. The van der Waals surface area contributed by atoms with Crippen LogP contribution in [-0.4, -0.2) is 37.5 Å². The van der Waals surface area contributed by atoms with Gasteiger partial charge in [0, 0.05) is 7.05 Å². The number of amides is 1. The van der Waals surface area contributed by atoms with Crippen molar-refractivity contribution in [2.75, 3.05) is 31.7 Å². The van der Waals surface area contributed by atoms with E-state index in [0.29, 0.717) is 6.54 Å². The average molecular weight is 235 g/mol. The first-order chi connectivity index (χ1) is 8.17. The third-order valence-electron chi connectivity index (χ3n) is 2.70. The molecule has 0 fully saturated rings. The van der Waals surface area contributed by atoms with Crippen molar-refractivity contribution in [3.63, 3.8) is 0 Å². The number of hydrogen-bond donors (Lipinski definition) is 1. The first-order valence-electron chi connectivity index (χ1n) is 5.98. The Morgan fingerprint density at radius 2 is 1.76 bits per heavy atom. The van der Waals surface area contributed by atoms with E-state index in [1.807, 2.05) is 37.4 Å². The van der Waals surface area contributed by atoms with Gasteiger partial charge in [-0.3, -0.25) is 20.1 Å². The van der Waals surface area contributed by atoms with Crippen molar-refractivity contribution in [1.29, 1.82) is 0 Å². The molecule has 0 unspecified atom stereocenters. The first kappa shape index (κ1) is 13.5. The van der Waals surface area contributed by atoms with Gasteiger partial charge in [0.1, 0.15) is 0 Å². The zero-order valence-corrected chi connectivity index (χ0v) is 10.8. The Balaban J connectivity index is 2.46. The summed E-state index contributed by atoms with van der Waals surface area (Å²) < 4.78 is 0. The fourth-order valence-corrected chi connectivity index (χ4v) is 1.59. The fourth-order valence-electron chi connectivity index (χ4n) is 1.59. The van der Waals surface area contributed by atoms with Crippen molar-refractivity contribution >= 4 is 11.6 Å². The molecule has 0 saturated carbocycles. The third-order valence-corrected chi connectivity index (χ3v) is 2.70. The molecule has 1 aromatic carbocycles. The lowest BCUT2D eigenvalue weighted by atomic mass is 10.3. The second kappa shape index (κ2) is 6.91. The van der Waals surface area contributed by atoms with Gasteiger partial charge in [0.05, 0.1) is 12.2 Å². The van der Waals surface area contributed by atoms with Gasteiger partial charge >= 0.3 is 0 Å². The van der Waals surface area contributed by atoms with Crippen LogP contribution in [0.4, 0.5) is 5.69 Å². The molecule has 0 saturated heterocycles. The van der Waals surface area contributed by atoms with Crippen LogP contribution in [0.25, 0.3) is 0 Å². The number of likely N-dealkylation sites (N-methyl/N-ethyl adjacent to an activating group) is 1. The summed E-state index contributed by atoms with van der Waals surface area (Å²) >= 11 is 0. The number of hydrazine groups is 1.